The van der Waals surface area contributed by atoms with Gasteiger partial charge in [-0.1, -0.05) is 79.8 Å². The number of benzene rings is 2. The van der Waals surface area contributed by atoms with Gasteiger partial charge in [0, 0.05) is 12.6 Å². The summed E-state index contributed by atoms with van der Waals surface area (Å²) in [6.07, 6.45) is 4.58. The summed E-state index contributed by atoms with van der Waals surface area (Å²) in [6, 6.07) is 22.2. The second-order valence-corrected chi connectivity index (χ2v) is 14.8. The van der Waals surface area contributed by atoms with E-state index in [4.69, 9.17) is 4.74 Å². The van der Waals surface area contributed by atoms with Crippen molar-refractivity contribution in [2.24, 2.45) is 17.8 Å². The Labute approximate surface area is 182 Å². The number of carbonyl (C=O) groups excluding carboxylic acids is 1. The Balaban J connectivity index is 1.51. The predicted octanol–water partition coefficient (Wildman–Crippen LogP) is 5.93. The fourth-order valence-electron chi connectivity index (χ4n) is 5.91. The molecule has 0 unspecified atom stereocenters. The molecular formula is C26H35NO2Si. The minimum atomic E-state index is -1.52. The topological polar surface area (TPSA) is 29.5 Å². The molecule has 0 spiro atoms. The van der Waals surface area contributed by atoms with Gasteiger partial charge in [0.05, 0.1) is 8.07 Å². The number of para-hydroxylation sites is 1. The monoisotopic (exact) mass is 421 g/mol. The van der Waals surface area contributed by atoms with Crippen LogP contribution in [0.4, 0.5) is 4.79 Å². The van der Waals surface area contributed by atoms with Gasteiger partial charge in [0.25, 0.3) is 0 Å². The molecule has 160 valence electrons. The van der Waals surface area contributed by atoms with Crippen LogP contribution in [0, 0.1) is 17.8 Å². The second kappa shape index (κ2) is 8.97. The van der Waals surface area contributed by atoms with Crippen LogP contribution in [-0.4, -0.2) is 31.7 Å². The molecule has 0 bridgehead atoms. The number of rotatable bonds is 4. The van der Waals surface area contributed by atoms with E-state index in [1.807, 2.05) is 30.3 Å². The van der Waals surface area contributed by atoms with Crippen LogP contribution in [0.5, 0.6) is 5.75 Å². The van der Waals surface area contributed by atoms with Crippen LogP contribution in [0.15, 0.2) is 60.7 Å². The van der Waals surface area contributed by atoms with Gasteiger partial charge in [0.1, 0.15) is 5.75 Å². The van der Waals surface area contributed by atoms with E-state index in [1.165, 1.54) is 18.9 Å². The highest BCUT2D eigenvalue weighted by Gasteiger charge is 2.45. The lowest BCUT2D eigenvalue weighted by molar-refractivity contribution is 0.0213. The summed E-state index contributed by atoms with van der Waals surface area (Å²) in [6.45, 7) is 8.23. The lowest BCUT2D eigenvalue weighted by Crippen LogP contribution is -2.55. The van der Waals surface area contributed by atoms with Crippen LogP contribution in [0.1, 0.15) is 32.6 Å². The molecule has 1 aliphatic carbocycles. The van der Waals surface area contributed by atoms with E-state index < -0.39 is 8.07 Å². The molecule has 4 atom stereocenters. The number of nitrogens with zero attached hydrogens (tertiary/aromatic N) is 1. The van der Waals surface area contributed by atoms with E-state index in [0.717, 1.165) is 19.4 Å². The minimum Gasteiger partial charge on any atom is -0.410 e. The largest absolute Gasteiger partial charge is 0.415 e. The van der Waals surface area contributed by atoms with Crippen molar-refractivity contribution in [1.29, 1.82) is 0 Å². The summed E-state index contributed by atoms with van der Waals surface area (Å²) < 4.78 is 5.74. The minimum absolute atomic E-state index is 0.164. The maximum absolute atomic E-state index is 13.1. The van der Waals surface area contributed by atoms with Gasteiger partial charge in [-0.15, -0.1) is 0 Å². The fraction of sp³-hybridized carbons (Fsp3) is 0.500. The maximum atomic E-state index is 13.1. The van der Waals surface area contributed by atoms with E-state index in [1.54, 1.807) is 5.19 Å². The van der Waals surface area contributed by atoms with Crippen molar-refractivity contribution in [2.75, 3.05) is 6.54 Å². The van der Waals surface area contributed by atoms with Crippen LogP contribution in [0.3, 0.4) is 0 Å². The molecule has 2 aromatic rings. The van der Waals surface area contributed by atoms with Crippen LogP contribution >= 0.6 is 0 Å². The lowest BCUT2D eigenvalue weighted by atomic mass is 9.68. The quantitative estimate of drug-likeness (QED) is 0.573. The van der Waals surface area contributed by atoms with Gasteiger partial charge in [-0.2, -0.15) is 0 Å². The van der Waals surface area contributed by atoms with Gasteiger partial charge in [-0.25, -0.2) is 4.79 Å². The van der Waals surface area contributed by atoms with Gasteiger partial charge in [-0.3, -0.25) is 0 Å². The van der Waals surface area contributed by atoms with Gasteiger partial charge in [-0.05, 0) is 55.6 Å². The van der Waals surface area contributed by atoms with Gasteiger partial charge < -0.3 is 9.64 Å². The summed E-state index contributed by atoms with van der Waals surface area (Å²) in [4.78, 5) is 15.1. The highest BCUT2D eigenvalue weighted by atomic mass is 28.3. The molecule has 3 nitrogen and oxygen atoms in total. The smallest absolute Gasteiger partial charge is 0.410 e. The zero-order valence-electron chi connectivity index (χ0n) is 18.6. The van der Waals surface area contributed by atoms with Crippen molar-refractivity contribution in [3.05, 3.63) is 60.7 Å². The standard InChI is InChI=1S/C26H35NO2Si/c1-20-17-21(19-30(2,3)23-13-8-5-9-14-23)24-15-10-16-27(25(24)18-20)26(28)29-22-11-6-4-7-12-22/h4-9,11-14,20-21,24-25H,10,15-19H2,1-3H3/t20-,21+,24+,25-/m0/s1. The van der Waals surface area contributed by atoms with Crippen molar-refractivity contribution in [2.45, 2.75) is 57.8 Å². The maximum Gasteiger partial charge on any atom is 0.415 e. The highest BCUT2D eigenvalue weighted by Crippen LogP contribution is 2.45. The van der Waals surface area contributed by atoms with Crippen molar-refractivity contribution in [3.63, 3.8) is 0 Å². The Bertz CT molecular complexity index is 839. The molecule has 1 aliphatic heterocycles. The molecule has 4 rings (SSSR count). The first-order valence-corrected chi connectivity index (χ1v) is 14.7. The molecule has 1 heterocycles. The fourth-order valence-corrected chi connectivity index (χ4v) is 9.02. The average Bonchev–Trinajstić information content (AvgIpc) is 2.74. The van der Waals surface area contributed by atoms with Crippen molar-refractivity contribution < 1.29 is 9.53 Å². The number of hydrogen-bond donors (Lipinski definition) is 0. The molecule has 1 saturated heterocycles. The third-order valence-corrected chi connectivity index (χ3v) is 10.7. The Morgan fingerprint density at radius 1 is 1.03 bits per heavy atom. The average molecular weight is 422 g/mol. The van der Waals surface area contributed by atoms with E-state index in [0.29, 0.717) is 29.5 Å². The highest BCUT2D eigenvalue weighted by molar-refractivity contribution is 6.89. The molecule has 30 heavy (non-hydrogen) atoms. The Hall–Kier alpha value is -2.07. The van der Waals surface area contributed by atoms with E-state index in [9.17, 15) is 4.79 Å². The third-order valence-electron chi connectivity index (χ3n) is 7.30. The summed E-state index contributed by atoms with van der Waals surface area (Å²) in [5.41, 5.74) is 0. The van der Waals surface area contributed by atoms with Gasteiger partial charge >= 0.3 is 6.09 Å². The first-order chi connectivity index (χ1) is 14.4. The summed E-state index contributed by atoms with van der Waals surface area (Å²) in [7, 11) is -1.52. The SMILES string of the molecule is C[C@H]1C[C@H](C[Si](C)(C)c2ccccc2)[C@H]2CCCN(C(=O)Oc3ccccc3)[C@H]2C1. The molecule has 4 heteroatoms. The molecule has 1 amide bonds. The van der Waals surface area contributed by atoms with Crippen LogP contribution in [-0.2, 0) is 0 Å². The van der Waals surface area contributed by atoms with Gasteiger partial charge in [0.2, 0.25) is 0 Å². The summed E-state index contributed by atoms with van der Waals surface area (Å²) >= 11 is 0. The number of piperidine rings is 1. The Morgan fingerprint density at radius 2 is 1.70 bits per heavy atom. The van der Waals surface area contributed by atoms with E-state index >= 15 is 0 Å². The number of ether oxygens (including phenoxy) is 1. The summed E-state index contributed by atoms with van der Waals surface area (Å²) in [5.74, 6) is 2.60. The van der Waals surface area contributed by atoms with E-state index in [-0.39, 0.29) is 6.09 Å². The Kier molecular flexibility index (Phi) is 6.33. The number of likely N-dealkylation sites (tertiary alicyclic amines) is 1. The van der Waals surface area contributed by atoms with Crippen LogP contribution in [0.2, 0.25) is 19.1 Å². The molecule has 2 fully saturated rings. The van der Waals surface area contributed by atoms with Crippen LogP contribution < -0.4 is 9.92 Å². The van der Waals surface area contributed by atoms with Gasteiger partial charge in [0.15, 0.2) is 0 Å². The number of hydrogen-bond acceptors (Lipinski definition) is 2. The van der Waals surface area contributed by atoms with Crippen molar-refractivity contribution >= 4 is 19.4 Å². The first-order valence-electron chi connectivity index (χ1n) is 11.5. The zero-order valence-corrected chi connectivity index (χ0v) is 19.6. The molecule has 0 N–H and O–H groups in total. The van der Waals surface area contributed by atoms with Crippen molar-refractivity contribution in [3.8, 4) is 5.75 Å². The normalized spacial score (nSPS) is 26.7. The number of amides is 1. The zero-order chi connectivity index (χ0) is 21.1. The molecule has 1 saturated carbocycles. The summed E-state index contributed by atoms with van der Waals surface area (Å²) in [5, 5.41) is 1.55. The number of carbonyl (C=O) groups is 1. The molecule has 2 aliphatic rings. The Morgan fingerprint density at radius 3 is 2.40 bits per heavy atom. The molecule has 0 aromatic heterocycles. The first kappa shape index (κ1) is 21.2. The second-order valence-electron chi connectivity index (χ2n) is 10.0. The lowest BCUT2D eigenvalue weighted by Gasteiger charge is -2.50. The number of fused-ring (bicyclic) bond motifs is 1. The molecule has 2 aromatic carbocycles. The van der Waals surface area contributed by atoms with E-state index in [2.05, 4.69) is 55.2 Å². The van der Waals surface area contributed by atoms with Crippen molar-refractivity contribution in [1.82, 2.24) is 4.90 Å². The predicted molar refractivity (Wildman–Crippen MR) is 126 cm³/mol. The third kappa shape index (κ3) is 4.64. The molecule has 0 radical (unpaired) electrons. The molecular weight excluding hydrogens is 386 g/mol. The van der Waals surface area contributed by atoms with Crippen LogP contribution in [0.25, 0.3) is 0 Å².